The molecule has 0 radical (unpaired) electrons. The maximum atomic E-state index is 12.2. The number of halogens is 1. The van der Waals surface area contributed by atoms with E-state index in [1.54, 1.807) is 6.08 Å². The summed E-state index contributed by atoms with van der Waals surface area (Å²) in [7, 11) is 0. The maximum Gasteiger partial charge on any atom is 0.326 e. The lowest BCUT2D eigenvalue weighted by Gasteiger charge is -2.18. The Morgan fingerprint density at radius 2 is 2.05 bits per heavy atom. The summed E-state index contributed by atoms with van der Waals surface area (Å²) in [4.78, 5) is 24.7. The van der Waals surface area contributed by atoms with Gasteiger partial charge in [0, 0.05) is 5.03 Å². The summed E-state index contributed by atoms with van der Waals surface area (Å²) in [5.41, 5.74) is 0.901. The third-order valence-electron chi connectivity index (χ3n) is 2.94. The van der Waals surface area contributed by atoms with Crippen LogP contribution < -0.4 is 0 Å². The first kappa shape index (κ1) is 16.7. The molecule has 2 rings (SSSR count). The predicted molar refractivity (Wildman–Crippen MR) is 92.5 cm³/mol. The van der Waals surface area contributed by atoms with Crippen molar-refractivity contribution < 1.29 is 14.7 Å². The van der Waals surface area contributed by atoms with Crippen LogP contribution in [0.3, 0.4) is 0 Å². The quantitative estimate of drug-likeness (QED) is 0.663. The van der Waals surface area contributed by atoms with E-state index < -0.39 is 17.9 Å². The number of carboxylic acids is 1. The van der Waals surface area contributed by atoms with Crippen LogP contribution in [0, 0.1) is 0 Å². The lowest BCUT2D eigenvalue weighted by molar-refractivity contribution is -0.144. The molecule has 0 bridgehead atoms. The Labute approximate surface area is 142 Å². The van der Waals surface area contributed by atoms with E-state index in [0.29, 0.717) is 9.94 Å². The molecular weight excluding hydrogens is 342 g/mol. The van der Waals surface area contributed by atoms with Crippen molar-refractivity contribution in [3.05, 3.63) is 51.9 Å². The van der Waals surface area contributed by atoms with Gasteiger partial charge in [-0.15, -0.1) is 0 Å². The zero-order valence-electron chi connectivity index (χ0n) is 11.5. The number of benzene rings is 1. The number of rotatable bonds is 4. The van der Waals surface area contributed by atoms with Crippen LogP contribution in [0.1, 0.15) is 12.5 Å². The van der Waals surface area contributed by atoms with Crippen LogP contribution in [0.5, 0.6) is 0 Å². The molecule has 1 aromatic carbocycles. The van der Waals surface area contributed by atoms with E-state index in [0.717, 1.165) is 22.2 Å². The van der Waals surface area contributed by atoms with E-state index in [1.165, 1.54) is 13.0 Å². The molecule has 1 N–H and O–H groups in total. The van der Waals surface area contributed by atoms with Gasteiger partial charge in [-0.25, -0.2) is 4.79 Å². The number of carbonyl (C=O) groups excluding carboxylic acids is 1. The third kappa shape index (κ3) is 3.76. The van der Waals surface area contributed by atoms with Crippen molar-refractivity contribution in [2.75, 3.05) is 0 Å². The Bertz CT molecular complexity index is 685. The van der Waals surface area contributed by atoms with Crippen LogP contribution in [-0.2, 0) is 9.59 Å². The number of carboxylic acid groups (broad SMARTS) is 1. The van der Waals surface area contributed by atoms with E-state index in [4.69, 9.17) is 28.9 Å². The summed E-state index contributed by atoms with van der Waals surface area (Å²) >= 11 is 12.3. The van der Waals surface area contributed by atoms with Crippen molar-refractivity contribution in [2.45, 2.75) is 13.0 Å². The molecule has 22 heavy (non-hydrogen) atoms. The fourth-order valence-electron chi connectivity index (χ4n) is 1.80. The molecule has 1 aliphatic heterocycles. The molecule has 1 atom stereocenters. The van der Waals surface area contributed by atoms with Gasteiger partial charge in [-0.3, -0.25) is 9.69 Å². The van der Waals surface area contributed by atoms with Crippen LogP contribution >= 0.6 is 35.6 Å². The van der Waals surface area contributed by atoms with Gasteiger partial charge in [-0.05, 0) is 24.6 Å². The first-order chi connectivity index (χ1) is 10.4. The first-order valence-corrected chi connectivity index (χ1v) is 7.92. The second kappa shape index (κ2) is 7.09. The van der Waals surface area contributed by atoms with Crippen molar-refractivity contribution in [2.24, 2.45) is 0 Å². The smallest absolute Gasteiger partial charge is 0.326 e. The highest BCUT2D eigenvalue weighted by molar-refractivity contribution is 8.26. The molecule has 0 spiro atoms. The van der Waals surface area contributed by atoms with Gasteiger partial charge in [0.05, 0.1) is 4.91 Å². The Morgan fingerprint density at radius 1 is 1.41 bits per heavy atom. The van der Waals surface area contributed by atoms with Gasteiger partial charge in [0.25, 0.3) is 5.91 Å². The van der Waals surface area contributed by atoms with Crippen LogP contribution in [0.25, 0.3) is 6.08 Å². The maximum absolute atomic E-state index is 12.2. The summed E-state index contributed by atoms with van der Waals surface area (Å²) in [6.45, 7) is 1.41. The Morgan fingerprint density at radius 3 is 2.64 bits per heavy atom. The summed E-state index contributed by atoms with van der Waals surface area (Å²) < 4.78 is 0.218. The van der Waals surface area contributed by atoms with Crippen LogP contribution in [0.15, 0.2) is 46.3 Å². The number of thioether (sulfide) groups is 1. The average Bonchev–Trinajstić information content (AvgIpc) is 2.73. The van der Waals surface area contributed by atoms with E-state index in [-0.39, 0.29) is 4.32 Å². The second-order valence-electron chi connectivity index (χ2n) is 4.51. The molecule has 4 nitrogen and oxygen atoms in total. The molecule has 0 aromatic heterocycles. The minimum Gasteiger partial charge on any atom is -0.480 e. The molecule has 1 fully saturated rings. The van der Waals surface area contributed by atoms with Crippen molar-refractivity contribution in [3.8, 4) is 0 Å². The largest absolute Gasteiger partial charge is 0.480 e. The SMILES string of the molecule is CC(C(=O)O)N1C(=O)/C(=C/C(Cl)=C/c2ccccc2)SC1=S. The van der Waals surface area contributed by atoms with E-state index in [1.807, 2.05) is 30.3 Å². The highest BCUT2D eigenvalue weighted by Crippen LogP contribution is 2.34. The highest BCUT2D eigenvalue weighted by Gasteiger charge is 2.38. The number of hydrogen-bond donors (Lipinski definition) is 1. The molecule has 0 aliphatic carbocycles. The molecule has 1 aromatic rings. The molecule has 1 amide bonds. The van der Waals surface area contributed by atoms with E-state index in [9.17, 15) is 9.59 Å². The molecule has 1 saturated heterocycles. The van der Waals surface area contributed by atoms with Gasteiger partial charge >= 0.3 is 5.97 Å². The highest BCUT2D eigenvalue weighted by atomic mass is 35.5. The van der Waals surface area contributed by atoms with Crippen molar-refractivity contribution >= 4 is 57.9 Å². The molecule has 0 saturated carbocycles. The number of hydrogen-bond acceptors (Lipinski definition) is 4. The third-order valence-corrected chi connectivity index (χ3v) is 4.49. The monoisotopic (exact) mass is 353 g/mol. The number of aliphatic carboxylic acids is 1. The van der Waals surface area contributed by atoms with Gasteiger partial charge in [-0.2, -0.15) is 0 Å². The zero-order chi connectivity index (χ0) is 16.3. The Balaban J connectivity index is 2.23. The first-order valence-electron chi connectivity index (χ1n) is 6.32. The Kier molecular flexibility index (Phi) is 5.39. The summed E-state index contributed by atoms with van der Waals surface area (Å²) in [6, 6.07) is 8.41. The lowest BCUT2D eigenvalue weighted by Crippen LogP contribution is -2.41. The van der Waals surface area contributed by atoms with Gasteiger partial charge in [0.15, 0.2) is 0 Å². The van der Waals surface area contributed by atoms with Crippen molar-refractivity contribution in [1.29, 1.82) is 0 Å². The predicted octanol–water partition coefficient (Wildman–Crippen LogP) is 3.48. The van der Waals surface area contributed by atoms with Crippen LogP contribution in [-0.4, -0.2) is 32.2 Å². The second-order valence-corrected chi connectivity index (χ2v) is 6.62. The molecule has 1 heterocycles. The van der Waals surface area contributed by atoms with Crippen molar-refractivity contribution in [3.63, 3.8) is 0 Å². The molecule has 1 aliphatic rings. The minimum absolute atomic E-state index is 0.218. The van der Waals surface area contributed by atoms with Crippen molar-refractivity contribution in [1.82, 2.24) is 4.90 Å². The fourth-order valence-corrected chi connectivity index (χ4v) is 3.51. The van der Waals surface area contributed by atoms with Crippen LogP contribution in [0.2, 0.25) is 0 Å². The summed E-state index contributed by atoms with van der Waals surface area (Å²) in [5, 5.41) is 9.39. The molecular formula is C15H12ClNO3S2. The molecule has 114 valence electrons. The number of amides is 1. The molecule has 1 unspecified atom stereocenters. The van der Waals surface area contributed by atoms with Gasteiger partial charge in [0.2, 0.25) is 0 Å². The summed E-state index contributed by atoms with van der Waals surface area (Å²) in [6.07, 6.45) is 3.22. The topological polar surface area (TPSA) is 57.6 Å². The number of carbonyl (C=O) groups is 2. The fraction of sp³-hybridized carbons (Fsp3) is 0.133. The molecule has 7 heteroatoms. The standard InChI is InChI=1S/C15H12ClNO3S2/c1-9(14(19)20)17-13(18)12(22-15(17)21)8-11(16)7-10-5-3-2-4-6-10/h2-9H,1H3,(H,19,20)/b11-7-,12-8-. The summed E-state index contributed by atoms with van der Waals surface area (Å²) in [5.74, 6) is -1.55. The average molecular weight is 354 g/mol. The normalized spacial score (nSPS) is 18.9. The van der Waals surface area contributed by atoms with Gasteiger partial charge in [-0.1, -0.05) is 65.9 Å². The van der Waals surface area contributed by atoms with Gasteiger partial charge < -0.3 is 5.11 Å². The van der Waals surface area contributed by atoms with Gasteiger partial charge in [0.1, 0.15) is 10.4 Å². The zero-order valence-corrected chi connectivity index (χ0v) is 13.9. The van der Waals surface area contributed by atoms with E-state index >= 15 is 0 Å². The minimum atomic E-state index is -1.11. The lowest BCUT2D eigenvalue weighted by atomic mass is 10.2. The number of thiocarbonyl (C=S) groups is 1. The number of allylic oxidation sites excluding steroid dienone is 2. The number of nitrogens with zero attached hydrogens (tertiary/aromatic N) is 1. The Hall–Kier alpha value is -1.63. The van der Waals surface area contributed by atoms with E-state index in [2.05, 4.69) is 0 Å². The van der Waals surface area contributed by atoms with Crippen LogP contribution in [0.4, 0.5) is 0 Å².